The van der Waals surface area contributed by atoms with Crippen LogP contribution in [0.15, 0.2) is 16.6 Å². The van der Waals surface area contributed by atoms with E-state index in [-0.39, 0.29) is 5.16 Å². The summed E-state index contributed by atoms with van der Waals surface area (Å²) in [6.45, 7) is 4.32. The molecule has 0 aliphatic carbocycles. The minimum absolute atomic E-state index is 0.197. The van der Waals surface area contributed by atoms with E-state index in [1.54, 1.807) is 0 Å². The van der Waals surface area contributed by atoms with Crippen molar-refractivity contribution in [3.8, 4) is 10.7 Å². The molecule has 2 heterocycles. The Morgan fingerprint density at radius 2 is 2.11 bits per heavy atom. The first-order valence-electron chi connectivity index (χ1n) is 5.43. The molecule has 0 aliphatic rings. The maximum Gasteiger partial charge on any atom is 0.296 e. The summed E-state index contributed by atoms with van der Waals surface area (Å²) in [6.07, 6.45) is 0.859. The van der Waals surface area contributed by atoms with Gasteiger partial charge in [-0.3, -0.25) is 4.57 Å². The van der Waals surface area contributed by atoms with E-state index in [0.717, 1.165) is 16.9 Å². The number of rotatable bonds is 4. The minimum atomic E-state index is -3.87. The minimum Gasteiger partial charge on any atom is -0.296 e. The first-order valence-corrected chi connectivity index (χ1v) is 8.62. The van der Waals surface area contributed by atoms with E-state index in [1.165, 1.54) is 15.9 Å². The highest BCUT2D eigenvalue weighted by atomic mass is 35.7. The van der Waals surface area contributed by atoms with Gasteiger partial charge >= 0.3 is 0 Å². The van der Waals surface area contributed by atoms with Gasteiger partial charge in [0.1, 0.15) is 0 Å². The van der Waals surface area contributed by atoms with Crippen LogP contribution in [0, 0.1) is 0 Å². The molecule has 0 atom stereocenters. The molecule has 0 N–H and O–H groups in total. The molecule has 0 aliphatic heterocycles. The summed E-state index contributed by atoms with van der Waals surface area (Å²) in [5.41, 5.74) is 1.13. The van der Waals surface area contributed by atoms with Crippen LogP contribution in [0.25, 0.3) is 10.7 Å². The molecule has 0 saturated heterocycles. The molecule has 8 heteroatoms. The maximum atomic E-state index is 11.4. The van der Waals surface area contributed by atoms with Crippen LogP contribution in [-0.4, -0.2) is 23.2 Å². The van der Waals surface area contributed by atoms with Gasteiger partial charge in [-0.15, -0.1) is 21.5 Å². The number of aryl methyl sites for hydroxylation is 1. The zero-order valence-electron chi connectivity index (χ0n) is 9.92. The summed E-state index contributed by atoms with van der Waals surface area (Å²) in [4.78, 5) is 0.943. The molecule has 2 aromatic heterocycles. The van der Waals surface area contributed by atoms with E-state index in [9.17, 15) is 8.42 Å². The fraction of sp³-hybridized carbons (Fsp3) is 0.400. The van der Waals surface area contributed by atoms with Crippen LogP contribution >= 0.6 is 22.0 Å². The van der Waals surface area contributed by atoms with Crippen molar-refractivity contribution >= 4 is 31.1 Å². The molecule has 98 valence electrons. The van der Waals surface area contributed by atoms with Gasteiger partial charge in [0.2, 0.25) is 0 Å². The maximum absolute atomic E-state index is 11.4. The van der Waals surface area contributed by atoms with Gasteiger partial charge in [0, 0.05) is 17.2 Å². The van der Waals surface area contributed by atoms with Crippen LogP contribution < -0.4 is 0 Å². The number of aromatic nitrogens is 3. The summed E-state index contributed by atoms with van der Waals surface area (Å²) >= 11 is 1.52. The standard InChI is InChI=1S/C10H12ClN3O2S2/c1-3-7-5-6-17-8(7)9-12-13-10(14(9)4-2)18(11,15)16/h5-6H,3-4H2,1-2H3. The lowest BCUT2D eigenvalue weighted by Gasteiger charge is -2.05. The van der Waals surface area contributed by atoms with Crippen molar-refractivity contribution in [2.45, 2.75) is 32.0 Å². The van der Waals surface area contributed by atoms with Crippen molar-refractivity contribution in [1.29, 1.82) is 0 Å². The Kier molecular flexibility index (Phi) is 3.74. The zero-order valence-corrected chi connectivity index (χ0v) is 12.3. The third kappa shape index (κ3) is 2.30. The SMILES string of the molecule is CCc1ccsc1-c1nnc(S(=O)(=O)Cl)n1CC. The first-order chi connectivity index (χ1) is 8.49. The number of hydrogen-bond donors (Lipinski definition) is 0. The van der Waals surface area contributed by atoms with Crippen molar-refractivity contribution < 1.29 is 8.42 Å². The van der Waals surface area contributed by atoms with Crippen LogP contribution in [0.5, 0.6) is 0 Å². The van der Waals surface area contributed by atoms with E-state index in [2.05, 4.69) is 10.2 Å². The van der Waals surface area contributed by atoms with E-state index in [0.29, 0.717) is 12.4 Å². The molecule has 0 amide bonds. The number of halogens is 1. The summed E-state index contributed by atoms with van der Waals surface area (Å²) < 4.78 is 24.3. The van der Waals surface area contributed by atoms with Crippen LogP contribution in [0.1, 0.15) is 19.4 Å². The Labute approximate surface area is 114 Å². The average Bonchev–Trinajstić information content (AvgIpc) is 2.93. The molecule has 5 nitrogen and oxygen atoms in total. The van der Waals surface area contributed by atoms with Crippen molar-refractivity contribution in [2.75, 3.05) is 0 Å². The average molecular weight is 306 g/mol. The van der Waals surface area contributed by atoms with Gasteiger partial charge in [-0.25, -0.2) is 8.42 Å². The van der Waals surface area contributed by atoms with Gasteiger partial charge < -0.3 is 0 Å². The lowest BCUT2D eigenvalue weighted by atomic mass is 10.2. The van der Waals surface area contributed by atoms with Crippen LogP contribution in [0.2, 0.25) is 0 Å². The lowest BCUT2D eigenvalue weighted by Crippen LogP contribution is -2.06. The smallest absolute Gasteiger partial charge is 0.296 e. The van der Waals surface area contributed by atoms with E-state index < -0.39 is 9.05 Å². The first kappa shape index (κ1) is 13.5. The lowest BCUT2D eigenvalue weighted by molar-refractivity contribution is 0.583. The highest BCUT2D eigenvalue weighted by molar-refractivity contribution is 8.13. The Bertz CT molecular complexity index is 660. The highest BCUT2D eigenvalue weighted by Gasteiger charge is 2.23. The molecule has 0 aromatic carbocycles. The molecule has 0 fully saturated rings. The molecule has 18 heavy (non-hydrogen) atoms. The number of nitrogens with zero attached hydrogens (tertiary/aromatic N) is 3. The predicted octanol–water partition coefficient (Wildman–Crippen LogP) is 2.52. The van der Waals surface area contributed by atoms with Gasteiger partial charge in [-0.1, -0.05) is 6.92 Å². The second kappa shape index (κ2) is 4.99. The van der Waals surface area contributed by atoms with Crippen molar-refractivity contribution in [1.82, 2.24) is 14.8 Å². The van der Waals surface area contributed by atoms with Gasteiger partial charge in [-0.05, 0) is 30.4 Å². The molecular weight excluding hydrogens is 294 g/mol. The number of hydrogen-bond acceptors (Lipinski definition) is 5. The number of thiophene rings is 1. The topological polar surface area (TPSA) is 64.8 Å². The Hall–Kier alpha value is -0.920. The van der Waals surface area contributed by atoms with E-state index >= 15 is 0 Å². The third-order valence-corrected chi connectivity index (χ3v) is 4.69. The van der Waals surface area contributed by atoms with Crippen LogP contribution in [0.4, 0.5) is 0 Å². The Balaban J connectivity index is 2.64. The van der Waals surface area contributed by atoms with Gasteiger partial charge in [-0.2, -0.15) is 0 Å². The fourth-order valence-electron chi connectivity index (χ4n) is 1.73. The largest absolute Gasteiger partial charge is 0.296 e. The second-order valence-electron chi connectivity index (χ2n) is 3.62. The quantitative estimate of drug-likeness (QED) is 0.814. The fourth-order valence-corrected chi connectivity index (χ4v) is 3.68. The van der Waals surface area contributed by atoms with Gasteiger partial charge in [0.15, 0.2) is 5.82 Å². The molecule has 0 unspecified atom stereocenters. The Morgan fingerprint density at radius 3 is 2.67 bits per heavy atom. The molecule has 0 spiro atoms. The Morgan fingerprint density at radius 1 is 1.39 bits per heavy atom. The molecule has 0 radical (unpaired) electrons. The normalized spacial score (nSPS) is 11.9. The zero-order chi connectivity index (χ0) is 13.3. The van der Waals surface area contributed by atoms with Gasteiger partial charge in [0.05, 0.1) is 4.88 Å². The molecular formula is C10H12ClN3O2S2. The molecule has 2 aromatic rings. The van der Waals surface area contributed by atoms with Crippen molar-refractivity contribution in [3.05, 3.63) is 17.0 Å². The van der Waals surface area contributed by atoms with Crippen molar-refractivity contribution in [2.24, 2.45) is 0 Å². The molecule has 0 saturated carbocycles. The van der Waals surface area contributed by atoms with E-state index in [1.807, 2.05) is 25.3 Å². The van der Waals surface area contributed by atoms with E-state index in [4.69, 9.17) is 10.7 Å². The van der Waals surface area contributed by atoms with Crippen molar-refractivity contribution in [3.63, 3.8) is 0 Å². The summed E-state index contributed by atoms with van der Waals surface area (Å²) in [5, 5.41) is 9.41. The summed E-state index contributed by atoms with van der Waals surface area (Å²) in [7, 11) is 1.47. The predicted molar refractivity (Wildman–Crippen MR) is 71.4 cm³/mol. The van der Waals surface area contributed by atoms with Crippen LogP contribution in [-0.2, 0) is 22.0 Å². The summed E-state index contributed by atoms with van der Waals surface area (Å²) in [6, 6.07) is 2.00. The second-order valence-corrected chi connectivity index (χ2v) is 6.99. The monoisotopic (exact) mass is 305 g/mol. The highest BCUT2D eigenvalue weighted by Crippen LogP contribution is 2.30. The van der Waals surface area contributed by atoms with Crippen LogP contribution in [0.3, 0.4) is 0 Å². The third-order valence-electron chi connectivity index (χ3n) is 2.58. The summed E-state index contributed by atoms with van der Waals surface area (Å²) in [5.74, 6) is 0.559. The molecule has 0 bridgehead atoms. The van der Waals surface area contributed by atoms with Gasteiger partial charge in [0.25, 0.3) is 14.2 Å². The molecule has 2 rings (SSSR count).